The molecule has 0 saturated carbocycles. The number of carbonyl (C=O) groups is 3. The number of nitrogens with one attached hydrogen (secondary N) is 1. The number of piperazine rings is 1. The molecule has 0 bridgehead atoms. The van der Waals surface area contributed by atoms with Gasteiger partial charge in [-0.3, -0.25) is 19.5 Å². The lowest BCUT2D eigenvalue weighted by Crippen LogP contribution is -2.50. The second-order valence-electron chi connectivity index (χ2n) is 11.3. The summed E-state index contributed by atoms with van der Waals surface area (Å²) in [6.45, 7) is 8.04. The van der Waals surface area contributed by atoms with Gasteiger partial charge >= 0.3 is 6.09 Å². The molecule has 0 radical (unpaired) electrons. The Morgan fingerprint density at radius 1 is 0.953 bits per heavy atom. The van der Waals surface area contributed by atoms with E-state index in [2.05, 4.69) is 20.2 Å². The fourth-order valence-corrected chi connectivity index (χ4v) is 5.13. The summed E-state index contributed by atoms with van der Waals surface area (Å²) in [4.78, 5) is 53.4. The molecule has 1 fully saturated rings. The van der Waals surface area contributed by atoms with E-state index in [1.165, 1.54) is 7.11 Å². The number of aromatic nitrogens is 2. The van der Waals surface area contributed by atoms with Crippen LogP contribution in [0.4, 0.5) is 22.0 Å². The topological polar surface area (TPSA) is 126 Å². The standard InChI is InChI=1S/C31H36N6O6/c1-31(2,3)43-30(40)36-15-13-35(14-16-36)24-9-11-32-19-23(24)34-28(38)22-7-6-8-27(33-22)37-12-10-20-17-25(41-4)26(42-5)18-21(20)29(37)39/h6-9,11,17-19H,10,12-16H2,1-5H3,(H,34,38). The number of rotatable bonds is 6. The van der Waals surface area contributed by atoms with Crippen molar-refractivity contribution in [2.75, 3.05) is 62.1 Å². The fourth-order valence-electron chi connectivity index (χ4n) is 5.13. The van der Waals surface area contributed by atoms with Crippen LogP contribution in [0.15, 0.2) is 48.8 Å². The highest BCUT2D eigenvalue weighted by molar-refractivity contribution is 6.09. The molecule has 0 unspecified atom stereocenters. The molecule has 43 heavy (non-hydrogen) atoms. The smallest absolute Gasteiger partial charge is 0.410 e. The number of ether oxygens (including phenoxy) is 3. The highest BCUT2D eigenvalue weighted by Crippen LogP contribution is 2.34. The summed E-state index contributed by atoms with van der Waals surface area (Å²) >= 11 is 0. The summed E-state index contributed by atoms with van der Waals surface area (Å²) in [6, 6.07) is 10.3. The maximum absolute atomic E-state index is 13.5. The zero-order valence-electron chi connectivity index (χ0n) is 25.0. The van der Waals surface area contributed by atoms with Crippen molar-refractivity contribution >= 4 is 35.1 Å². The van der Waals surface area contributed by atoms with Crippen molar-refractivity contribution in [3.63, 3.8) is 0 Å². The summed E-state index contributed by atoms with van der Waals surface area (Å²) in [5.74, 6) is 0.755. The second-order valence-corrected chi connectivity index (χ2v) is 11.3. The van der Waals surface area contributed by atoms with Crippen molar-refractivity contribution in [1.82, 2.24) is 14.9 Å². The van der Waals surface area contributed by atoms with Crippen LogP contribution in [0.1, 0.15) is 47.2 Å². The van der Waals surface area contributed by atoms with Crippen LogP contribution >= 0.6 is 0 Å². The molecule has 1 aromatic carbocycles. The van der Waals surface area contributed by atoms with Gasteiger partial charge in [-0.2, -0.15) is 0 Å². The lowest BCUT2D eigenvalue weighted by molar-refractivity contribution is 0.0240. The van der Waals surface area contributed by atoms with Crippen molar-refractivity contribution in [3.05, 3.63) is 65.6 Å². The van der Waals surface area contributed by atoms with E-state index >= 15 is 0 Å². The molecule has 1 N–H and O–H groups in total. The van der Waals surface area contributed by atoms with E-state index in [4.69, 9.17) is 14.2 Å². The van der Waals surface area contributed by atoms with Crippen molar-refractivity contribution < 1.29 is 28.6 Å². The Morgan fingerprint density at radius 2 is 1.67 bits per heavy atom. The van der Waals surface area contributed by atoms with Crippen molar-refractivity contribution in [1.29, 1.82) is 0 Å². The van der Waals surface area contributed by atoms with Crippen molar-refractivity contribution in [2.45, 2.75) is 32.8 Å². The quantitative estimate of drug-likeness (QED) is 0.455. The molecular formula is C31H36N6O6. The molecule has 226 valence electrons. The zero-order chi connectivity index (χ0) is 30.7. The van der Waals surface area contributed by atoms with E-state index in [0.717, 1.165) is 11.3 Å². The summed E-state index contributed by atoms with van der Waals surface area (Å²) in [7, 11) is 3.08. The second kappa shape index (κ2) is 12.2. The molecular weight excluding hydrogens is 552 g/mol. The first kappa shape index (κ1) is 29.6. The van der Waals surface area contributed by atoms with Gasteiger partial charge in [-0.15, -0.1) is 0 Å². The highest BCUT2D eigenvalue weighted by Gasteiger charge is 2.30. The average molecular weight is 589 g/mol. The highest BCUT2D eigenvalue weighted by atomic mass is 16.6. The maximum Gasteiger partial charge on any atom is 0.410 e. The summed E-state index contributed by atoms with van der Waals surface area (Å²) in [6.07, 6.45) is 3.51. The molecule has 1 saturated heterocycles. The number of hydrogen-bond donors (Lipinski definition) is 1. The Hall–Kier alpha value is -4.87. The first-order valence-electron chi connectivity index (χ1n) is 14.1. The summed E-state index contributed by atoms with van der Waals surface area (Å²) in [5, 5.41) is 2.93. The molecule has 2 aliphatic heterocycles. The van der Waals surface area contributed by atoms with E-state index in [9.17, 15) is 14.4 Å². The van der Waals surface area contributed by atoms with Crippen LogP contribution in [0.5, 0.6) is 11.5 Å². The summed E-state index contributed by atoms with van der Waals surface area (Å²) in [5.41, 5.74) is 2.28. The number of pyridine rings is 2. The van der Waals surface area contributed by atoms with Gasteiger partial charge in [0.2, 0.25) is 0 Å². The third kappa shape index (κ3) is 6.47. The first-order chi connectivity index (χ1) is 20.6. The predicted octanol–water partition coefficient (Wildman–Crippen LogP) is 4.01. The molecule has 3 aromatic rings. The largest absolute Gasteiger partial charge is 0.493 e. The molecule has 2 aliphatic rings. The van der Waals surface area contributed by atoms with Gasteiger partial charge in [0.25, 0.3) is 11.8 Å². The minimum atomic E-state index is -0.560. The van der Waals surface area contributed by atoms with Gasteiger partial charge in [0.1, 0.15) is 17.1 Å². The lowest BCUT2D eigenvalue weighted by atomic mass is 9.98. The molecule has 4 heterocycles. The number of anilines is 3. The maximum atomic E-state index is 13.5. The van der Waals surface area contributed by atoms with Crippen LogP contribution in [0, 0.1) is 0 Å². The molecule has 0 atom stereocenters. The van der Waals surface area contributed by atoms with Crippen LogP contribution in [0.3, 0.4) is 0 Å². The third-order valence-corrected chi connectivity index (χ3v) is 7.25. The third-order valence-electron chi connectivity index (χ3n) is 7.25. The number of methoxy groups -OCH3 is 2. The monoisotopic (exact) mass is 588 g/mol. The first-order valence-corrected chi connectivity index (χ1v) is 14.1. The normalized spacial score (nSPS) is 15.1. The number of carbonyl (C=O) groups excluding carboxylic acids is 3. The minimum Gasteiger partial charge on any atom is -0.493 e. The van der Waals surface area contributed by atoms with Gasteiger partial charge in [0, 0.05) is 44.5 Å². The van der Waals surface area contributed by atoms with Gasteiger partial charge in [0.05, 0.1) is 31.8 Å². The number of amides is 3. The molecule has 5 rings (SSSR count). The molecule has 12 nitrogen and oxygen atoms in total. The Labute approximate surface area is 250 Å². The number of nitrogens with zero attached hydrogens (tertiary/aromatic N) is 5. The Morgan fingerprint density at radius 3 is 2.37 bits per heavy atom. The molecule has 2 aromatic heterocycles. The Bertz CT molecular complexity index is 1530. The molecule has 3 amide bonds. The Balaban J connectivity index is 1.29. The lowest BCUT2D eigenvalue weighted by Gasteiger charge is -2.37. The minimum absolute atomic E-state index is 0.160. The van der Waals surface area contributed by atoms with E-state index in [1.54, 1.807) is 53.6 Å². The predicted molar refractivity (Wildman–Crippen MR) is 161 cm³/mol. The number of hydrogen-bond acceptors (Lipinski definition) is 9. The van der Waals surface area contributed by atoms with E-state index in [1.807, 2.05) is 32.9 Å². The molecule has 0 aliphatic carbocycles. The van der Waals surface area contributed by atoms with Crippen molar-refractivity contribution in [2.24, 2.45) is 0 Å². The van der Waals surface area contributed by atoms with E-state index < -0.39 is 11.5 Å². The van der Waals surface area contributed by atoms with Crippen LogP contribution < -0.4 is 24.6 Å². The van der Waals surface area contributed by atoms with Gasteiger partial charge in [-0.05, 0) is 63.1 Å². The number of benzene rings is 1. The fraction of sp³-hybridized carbons (Fsp3) is 0.387. The average Bonchev–Trinajstić information content (AvgIpc) is 3.00. The summed E-state index contributed by atoms with van der Waals surface area (Å²) < 4.78 is 16.3. The van der Waals surface area contributed by atoms with Crippen LogP contribution in [0.2, 0.25) is 0 Å². The van der Waals surface area contributed by atoms with Crippen LogP contribution in [-0.4, -0.2) is 85.3 Å². The molecule has 0 spiro atoms. The van der Waals surface area contributed by atoms with Gasteiger partial charge in [-0.1, -0.05) is 6.07 Å². The van der Waals surface area contributed by atoms with E-state index in [0.29, 0.717) is 67.7 Å². The van der Waals surface area contributed by atoms with Crippen LogP contribution in [-0.2, 0) is 11.2 Å². The van der Waals surface area contributed by atoms with Gasteiger partial charge in [-0.25, -0.2) is 9.78 Å². The van der Waals surface area contributed by atoms with Crippen molar-refractivity contribution in [3.8, 4) is 11.5 Å². The zero-order valence-corrected chi connectivity index (χ0v) is 25.0. The Kier molecular flexibility index (Phi) is 8.38. The molecule has 12 heteroatoms. The van der Waals surface area contributed by atoms with E-state index in [-0.39, 0.29) is 17.7 Å². The SMILES string of the molecule is COc1cc2c(cc1OC)C(=O)N(c1cccc(C(=O)Nc3cnccc3N3CCN(C(=O)OC(C)(C)C)CC3)n1)CC2. The van der Waals surface area contributed by atoms with Gasteiger partial charge in [0.15, 0.2) is 11.5 Å². The van der Waals surface area contributed by atoms with Gasteiger partial charge < -0.3 is 29.3 Å². The number of fused-ring (bicyclic) bond motifs is 1. The van der Waals surface area contributed by atoms with Crippen LogP contribution in [0.25, 0.3) is 0 Å².